The van der Waals surface area contributed by atoms with Gasteiger partial charge in [-0.05, 0) is 79.9 Å². The maximum absolute atomic E-state index is 6.14. The van der Waals surface area contributed by atoms with E-state index < -0.39 is 0 Å². The third-order valence-corrected chi connectivity index (χ3v) is 7.48. The minimum Gasteiger partial charge on any atom is -0.491 e. The van der Waals surface area contributed by atoms with Crippen LogP contribution in [0.1, 0.15) is 22.3 Å². The van der Waals surface area contributed by atoms with Gasteiger partial charge in [0.1, 0.15) is 24.7 Å². The molecule has 0 amide bonds. The van der Waals surface area contributed by atoms with E-state index in [-0.39, 0.29) is 0 Å². The zero-order valence-electron chi connectivity index (χ0n) is 21.8. The summed E-state index contributed by atoms with van der Waals surface area (Å²) < 4.78 is 29.3. The first-order chi connectivity index (χ1) is 19.4. The number of hydrogen-bond acceptors (Lipinski definition) is 5. The topological polar surface area (TPSA) is 46.2 Å². The molecule has 0 fully saturated rings. The van der Waals surface area contributed by atoms with Gasteiger partial charge in [-0.3, -0.25) is 0 Å². The number of benzene rings is 4. The molecule has 4 aromatic carbocycles. The van der Waals surface area contributed by atoms with E-state index >= 15 is 0 Å². The number of ether oxygens (including phenoxy) is 5. The largest absolute Gasteiger partial charge is 0.491 e. The Morgan fingerprint density at radius 1 is 0.333 bits per heavy atom. The number of hydrogen-bond donors (Lipinski definition) is 0. The van der Waals surface area contributed by atoms with Crippen LogP contribution in [-0.2, 0) is 14.2 Å². The summed E-state index contributed by atoms with van der Waals surface area (Å²) in [6, 6.07) is 30.2. The van der Waals surface area contributed by atoms with Crippen molar-refractivity contribution in [1.29, 1.82) is 0 Å². The minimum atomic E-state index is 0.479. The van der Waals surface area contributed by atoms with Crippen LogP contribution in [0, 0.1) is 0 Å². The van der Waals surface area contributed by atoms with Crippen molar-refractivity contribution >= 4 is 11.1 Å². The third kappa shape index (κ3) is 4.53. The second kappa shape index (κ2) is 10.7. The van der Waals surface area contributed by atoms with Gasteiger partial charge in [0, 0.05) is 0 Å². The van der Waals surface area contributed by atoms with Crippen LogP contribution < -0.4 is 9.47 Å². The Kier molecular flexibility index (Phi) is 6.63. The maximum Gasteiger partial charge on any atom is 0.120 e. The molecule has 0 spiro atoms. The molecule has 0 saturated heterocycles. The van der Waals surface area contributed by atoms with Gasteiger partial charge in [0.25, 0.3) is 0 Å². The van der Waals surface area contributed by atoms with Gasteiger partial charge in [-0.2, -0.15) is 0 Å². The lowest BCUT2D eigenvalue weighted by atomic mass is 9.91. The van der Waals surface area contributed by atoms with Crippen molar-refractivity contribution in [1.82, 2.24) is 0 Å². The third-order valence-electron chi connectivity index (χ3n) is 7.48. The summed E-state index contributed by atoms with van der Waals surface area (Å²) >= 11 is 0. The van der Waals surface area contributed by atoms with Crippen LogP contribution in [0.15, 0.2) is 84.9 Å². The first-order valence-corrected chi connectivity index (χ1v) is 13.6. The summed E-state index contributed by atoms with van der Waals surface area (Å²) in [5.41, 5.74) is 12.3. The fourth-order valence-electron chi connectivity index (χ4n) is 5.79. The molecule has 2 aliphatic carbocycles. The average molecular weight is 519 g/mol. The van der Waals surface area contributed by atoms with Gasteiger partial charge >= 0.3 is 0 Å². The van der Waals surface area contributed by atoms with Gasteiger partial charge in [-0.1, -0.05) is 60.7 Å². The summed E-state index contributed by atoms with van der Waals surface area (Å²) in [6.45, 7) is 4.09. The van der Waals surface area contributed by atoms with Crippen LogP contribution in [0.4, 0.5) is 0 Å². The first-order valence-electron chi connectivity index (χ1n) is 13.6. The second-order valence-corrected chi connectivity index (χ2v) is 9.79. The molecule has 0 atom stereocenters. The minimum absolute atomic E-state index is 0.479. The molecule has 4 bridgehead atoms. The Morgan fingerprint density at radius 2 is 0.692 bits per heavy atom. The Morgan fingerprint density at radius 3 is 1.13 bits per heavy atom. The average Bonchev–Trinajstić information content (AvgIpc) is 3.46. The summed E-state index contributed by atoms with van der Waals surface area (Å²) in [6.07, 6.45) is 0. The van der Waals surface area contributed by atoms with Crippen molar-refractivity contribution in [3.8, 4) is 33.8 Å². The van der Waals surface area contributed by atoms with E-state index in [2.05, 4.69) is 84.9 Å². The zero-order valence-corrected chi connectivity index (χ0v) is 21.8. The van der Waals surface area contributed by atoms with Crippen molar-refractivity contribution in [3.63, 3.8) is 0 Å². The lowest BCUT2D eigenvalue weighted by Gasteiger charge is -2.14. The second-order valence-electron chi connectivity index (χ2n) is 9.79. The molecular weight excluding hydrogens is 488 g/mol. The highest BCUT2D eigenvalue weighted by molar-refractivity contribution is 6.19. The molecule has 39 heavy (non-hydrogen) atoms. The molecule has 0 N–H and O–H groups in total. The summed E-state index contributed by atoms with van der Waals surface area (Å²) in [7, 11) is 0. The molecule has 5 nitrogen and oxygen atoms in total. The van der Waals surface area contributed by atoms with E-state index in [1.807, 2.05) is 0 Å². The zero-order chi connectivity index (χ0) is 26.0. The van der Waals surface area contributed by atoms with Crippen LogP contribution in [0.5, 0.6) is 11.5 Å². The summed E-state index contributed by atoms with van der Waals surface area (Å²) in [5, 5.41) is 0. The molecule has 196 valence electrons. The molecule has 0 unspecified atom stereocenters. The van der Waals surface area contributed by atoms with Crippen molar-refractivity contribution in [2.24, 2.45) is 0 Å². The molecule has 1 heterocycles. The molecular formula is C34H30O5. The highest BCUT2D eigenvalue weighted by Crippen LogP contribution is 2.55. The van der Waals surface area contributed by atoms with E-state index in [1.54, 1.807) is 0 Å². The molecule has 1 aliphatic heterocycles. The fourth-order valence-corrected chi connectivity index (χ4v) is 5.79. The lowest BCUT2D eigenvalue weighted by molar-refractivity contribution is 0.00499. The van der Waals surface area contributed by atoms with E-state index in [0.29, 0.717) is 52.9 Å². The normalized spacial score (nSPS) is 18.8. The smallest absolute Gasteiger partial charge is 0.120 e. The van der Waals surface area contributed by atoms with E-state index in [9.17, 15) is 0 Å². The SMILES string of the molecule is c1ccc2c(c1)/C1=C3\c4ccccc4-c4ccc(cc43)OCCOCCOCCOCCOc3ccc-2c1c3. The molecule has 3 aliphatic rings. The summed E-state index contributed by atoms with van der Waals surface area (Å²) in [4.78, 5) is 0. The van der Waals surface area contributed by atoms with Crippen LogP contribution in [-0.4, -0.2) is 52.9 Å². The Labute approximate surface area is 228 Å². The molecule has 0 aromatic heterocycles. The van der Waals surface area contributed by atoms with Gasteiger partial charge in [-0.25, -0.2) is 0 Å². The van der Waals surface area contributed by atoms with E-state index in [0.717, 1.165) is 11.5 Å². The maximum atomic E-state index is 6.14. The molecule has 7 rings (SSSR count). The molecule has 0 saturated carbocycles. The van der Waals surface area contributed by atoms with E-state index in [1.165, 1.54) is 55.7 Å². The van der Waals surface area contributed by atoms with Crippen molar-refractivity contribution < 1.29 is 23.7 Å². The fraction of sp³-hybridized carbons (Fsp3) is 0.235. The highest BCUT2D eigenvalue weighted by atomic mass is 16.6. The quantitative estimate of drug-likeness (QED) is 0.230. The van der Waals surface area contributed by atoms with Gasteiger partial charge in [0.15, 0.2) is 0 Å². The molecule has 0 radical (unpaired) electrons. The van der Waals surface area contributed by atoms with Crippen LogP contribution in [0.3, 0.4) is 0 Å². The van der Waals surface area contributed by atoms with Crippen LogP contribution in [0.25, 0.3) is 33.4 Å². The Bertz CT molecular complexity index is 1440. The lowest BCUT2D eigenvalue weighted by Crippen LogP contribution is -2.14. The van der Waals surface area contributed by atoms with Crippen LogP contribution >= 0.6 is 0 Å². The predicted molar refractivity (Wildman–Crippen MR) is 152 cm³/mol. The Balaban J connectivity index is 1.38. The van der Waals surface area contributed by atoms with Gasteiger partial charge in [0.2, 0.25) is 0 Å². The Hall–Kier alpha value is -3.90. The van der Waals surface area contributed by atoms with Crippen molar-refractivity contribution in [3.05, 3.63) is 107 Å². The predicted octanol–water partition coefficient (Wildman–Crippen LogP) is 6.48. The summed E-state index contributed by atoms with van der Waals surface area (Å²) in [5.74, 6) is 1.68. The highest BCUT2D eigenvalue weighted by Gasteiger charge is 2.32. The number of rotatable bonds is 0. The van der Waals surface area contributed by atoms with Gasteiger partial charge in [-0.15, -0.1) is 0 Å². The van der Waals surface area contributed by atoms with Crippen molar-refractivity contribution in [2.45, 2.75) is 0 Å². The van der Waals surface area contributed by atoms with Crippen LogP contribution in [0.2, 0.25) is 0 Å². The van der Waals surface area contributed by atoms with Crippen molar-refractivity contribution in [2.75, 3.05) is 52.9 Å². The standard InChI is InChI=1S/C34H30O5/c1-3-7-29-25(5-1)27-11-9-23-21-31(27)33(29)34-30-8-4-2-6-26(30)28-12-10-24(22-32(28)34)39-20-18-37-16-14-35-13-15-36-17-19-38-23/h1-12,21-22H,13-20H2/b34-33-. The van der Waals surface area contributed by atoms with Gasteiger partial charge < -0.3 is 23.7 Å². The molecule has 5 heteroatoms. The monoisotopic (exact) mass is 518 g/mol. The molecule has 4 aromatic rings. The first kappa shape index (κ1) is 24.2. The van der Waals surface area contributed by atoms with Gasteiger partial charge in [0.05, 0.1) is 39.6 Å². The number of fused-ring (bicyclic) bond motifs is 8. The van der Waals surface area contributed by atoms with E-state index in [4.69, 9.17) is 23.7 Å².